The van der Waals surface area contributed by atoms with Gasteiger partial charge in [0.25, 0.3) is 5.69 Å². The lowest BCUT2D eigenvalue weighted by molar-refractivity contribution is -0.386. The van der Waals surface area contributed by atoms with Crippen LogP contribution in [0.3, 0.4) is 0 Å². The quantitative estimate of drug-likeness (QED) is 0.243. The molecule has 218 valence electrons. The second-order valence-corrected chi connectivity index (χ2v) is 11.1. The first-order valence-electron chi connectivity index (χ1n) is 14.2. The largest absolute Gasteiger partial charge is 0.497 e. The molecule has 1 aliphatic heterocycles. The minimum absolute atomic E-state index is 0.0103. The van der Waals surface area contributed by atoms with E-state index in [0.29, 0.717) is 29.2 Å². The molecule has 1 amide bonds. The summed E-state index contributed by atoms with van der Waals surface area (Å²) in [5, 5.41) is 11.9. The van der Waals surface area contributed by atoms with Crippen molar-refractivity contribution in [2.24, 2.45) is 5.73 Å². The lowest BCUT2D eigenvalue weighted by atomic mass is 9.92. The fourth-order valence-electron chi connectivity index (χ4n) is 6.12. The molecule has 3 aromatic rings. The molecule has 0 saturated carbocycles. The number of anilines is 1. The molecule has 1 fully saturated rings. The predicted molar refractivity (Wildman–Crippen MR) is 162 cm³/mol. The van der Waals surface area contributed by atoms with Crippen molar-refractivity contribution in [3.63, 3.8) is 0 Å². The van der Waals surface area contributed by atoms with Crippen LogP contribution in [0.5, 0.6) is 5.75 Å². The second-order valence-electron chi connectivity index (χ2n) is 11.1. The van der Waals surface area contributed by atoms with Crippen molar-refractivity contribution in [3.05, 3.63) is 92.3 Å². The molecule has 1 saturated heterocycles. The third kappa shape index (κ3) is 6.85. The molecule has 9 heteroatoms. The highest BCUT2D eigenvalue weighted by molar-refractivity contribution is 5.97. The van der Waals surface area contributed by atoms with Gasteiger partial charge < -0.3 is 20.3 Å². The average molecular weight is 560 g/mol. The molecule has 41 heavy (non-hydrogen) atoms. The first-order valence-corrected chi connectivity index (χ1v) is 14.2. The zero-order chi connectivity index (χ0) is 29.7. The number of ether oxygens (including phenoxy) is 1. The predicted octanol–water partition coefficient (Wildman–Crippen LogP) is 5.51. The first-order chi connectivity index (χ1) is 19.6. The van der Waals surface area contributed by atoms with Crippen LogP contribution in [0.25, 0.3) is 0 Å². The van der Waals surface area contributed by atoms with Gasteiger partial charge in [0, 0.05) is 60.9 Å². The van der Waals surface area contributed by atoms with Gasteiger partial charge in [0.05, 0.1) is 17.6 Å². The first kappa shape index (κ1) is 30.0. The number of hydrogen-bond donors (Lipinski definition) is 1. The standard InChI is InChI=1S/C32H41N5O4/c1-21-12-15-34-19-26(21)20-36(27-8-10-29(41-5)11-9-27)28-13-16-35(17-14-28)23(3)6-7-25-18-22(2)30(32(33)38)24(4)31(25)37(39)40/h8-12,15,18-19,23,28H,6-7,13-14,16-17,20H2,1-5H3,(H2,33,38)/t23-/m1/s1. The summed E-state index contributed by atoms with van der Waals surface area (Å²) >= 11 is 0. The van der Waals surface area contributed by atoms with Crippen LogP contribution in [-0.4, -0.2) is 53.0 Å². The van der Waals surface area contributed by atoms with Gasteiger partial charge >= 0.3 is 0 Å². The number of benzene rings is 2. The maximum atomic E-state index is 11.9. The van der Waals surface area contributed by atoms with Gasteiger partial charge in [-0.25, -0.2) is 0 Å². The normalized spacial score (nSPS) is 15.0. The average Bonchev–Trinajstić information content (AvgIpc) is 2.95. The maximum Gasteiger partial charge on any atom is 0.276 e. The number of amides is 1. The molecule has 1 aromatic heterocycles. The fourth-order valence-corrected chi connectivity index (χ4v) is 6.12. The van der Waals surface area contributed by atoms with Crippen molar-refractivity contribution in [1.29, 1.82) is 0 Å². The van der Waals surface area contributed by atoms with Crippen molar-refractivity contribution in [1.82, 2.24) is 9.88 Å². The van der Waals surface area contributed by atoms with Crippen LogP contribution in [0.15, 0.2) is 48.8 Å². The molecule has 2 N–H and O–H groups in total. The van der Waals surface area contributed by atoms with E-state index in [1.54, 1.807) is 27.0 Å². The molecular formula is C32H41N5O4. The van der Waals surface area contributed by atoms with Gasteiger partial charge in [0.2, 0.25) is 5.91 Å². The van der Waals surface area contributed by atoms with Crippen LogP contribution in [0.1, 0.15) is 64.4 Å². The van der Waals surface area contributed by atoms with Crippen molar-refractivity contribution >= 4 is 17.3 Å². The topological polar surface area (TPSA) is 115 Å². The molecule has 0 aliphatic carbocycles. The Labute approximate surface area is 242 Å². The summed E-state index contributed by atoms with van der Waals surface area (Å²) in [6.45, 7) is 10.4. The van der Waals surface area contributed by atoms with Crippen molar-refractivity contribution in [2.45, 2.75) is 72.0 Å². The summed E-state index contributed by atoms with van der Waals surface area (Å²) in [5.41, 5.74) is 11.1. The number of nitro benzene ring substituents is 1. The van der Waals surface area contributed by atoms with Gasteiger partial charge in [-0.1, -0.05) is 0 Å². The Bertz CT molecular complexity index is 1380. The van der Waals surface area contributed by atoms with Crippen LogP contribution < -0.4 is 15.4 Å². The number of carbonyl (C=O) groups excluding carboxylic acids is 1. The summed E-state index contributed by atoms with van der Waals surface area (Å²) < 4.78 is 5.38. The fraction of sp³-hybridized carbons (Fsp3) is 0.438. The number of likely N-dealkylation sites (tertiary alicyclic amines) is 1. The lowest BCUT2D eigenvalue weighted by Gasteiger charge is -2.42. The van der Waals surface area contributed by atoms with Gasteiger partial charge in [-0.2, -0.15) is 0 Å². The van der Waals surface area contributed by atoms with E-state index >= 15 is 0 Å². The summed E-state index contributed by atoms with van der Waals surface area (Å²) in [6, 6.07) is 12.7. The Balaban J connectivity index is 1.45. The van der Waals surface area contributed by atoms with E-state index in [4.69, 9.17) is 10.5 Å². The molecule has 0 unspecified atom stereocenters. The number of nitrogens with two attached hydrogens (primary N) is 1. The molecule has 0 bridgehead atoms. The molecule has 0 spiro atoms. The highest BCUT2D eigenvalue weighted by Gasteiger charge is 2.29. The number of nitro groups is 1. The number of nitrogens with zero attached hydrogens (tertiary/aromatic N) is 4. The van der Waals surface area contributed by atoms with Crippen molar-refractivity contribution in [2.75, 3.05) is 25.1 Å². The van der Waals surface area contributed by atoms with Crippen molar-refractivity contribution < 1.29 is 14.5 Å². The van der Waals surface area contributed by atoms with Crippen LogP contribution in [-0.2, 0) is 13.0 Å². The summed E-state index contributed by atoms with van der Waals surface area (Å²) in [7, 11) is 1.68. The molecule has 1 aliphatic rings. The van der Waals surface area contributed by atoms with E-state index in [1.807, 2.05) is 24.5 Å². The monoisotopic (exact) mass is 559 g/mol. The number of methoxy groups -OCH3 is 1. The Hall–Kier alpha value is -3.98. The molecular weight excluding hydrogens is 518 g/mol. The maximum absolute atomic E-state index is 11.9. The van der Waals surface area contributed by atoms with E-state index in [0.717, 1.165) is 50.3 Å². The van der Waals surface area contributed by atoms with E-state index in [1.165, 1.54) is 11.1 Å². The SMILES string of the molecule is COc1ccc(N(Cc2cnccc2C)C2CCN([C@H](C)CCc3cc(C)c(C(N)=O)c(C)c3[N+](=O)[O-])CC2)cc1. The van der Waals surface area contributed by atoms with Crippen LogP contribution in [0.4, 0.5) is 11.4 Å². The van der Waals surface area contributed by atoms with Gasteiger partial charge in [-0.05, 0) is 106 Å². The summed E-state index contributed by atoms with van der Waals surface area (Å²) in [4.78, 5) is 32.8. The number of carbonyl (C=O) groups is 1. The Kier molecular flexibility index (Phi) is 9.60. The van der Waals surface area contributed by atoms with Gasteiger partial charge in [-0.15, -0.1) is 0 Å². The number of rotatable bonds is 11. The number of pyridine rings is 1. The minimum atomic E-state index is -0.631. The molecule has 0 radical (unpaired) electrons. The van der Waals surface area contributed by atoms with Crippen LogP contribution >= 0.6 is 0 Å². The zero-order valence-corrected chi connectivity index (χ0v) is 24.7. The van der Waals surface area contributed by atoms with Crippen molar-refractivity contribution in [3.8, 4) is 5.75 Å². The van der Waals surface area contributed by atoms with Gasteiger partial charge in [0.1, 0.15) is 5.75 Å². The van der Waals surface area contributed by atoms with Gasteiger partial charge in [0.15, 0.2) is 0 Å². The highest BCUT2D eigenvalue weighted by Crippen LogP contribution is 2.32. The Morgan fingerprint density at radius 2 is 1.83 bits per heavy atom. The Morgan fingerprint density at radius 1 is 1.15 bits per heavy atom. The zero-order valence-electron chi connectivity index (χ0n) is 24.7. The summed E-state index contributed by atoms with van der Waals surface area (Å²) in [5.74, 6) is 0.207. The van der Waals surface area contributed by atoms with Crippen LogP contribution in [0, 0.1) is 30.9 Å². The minimum Gasteiger partial charge on any atom is -0.497 e. The third-order valence-electron chi connectivity index (χ3n) is 8.54. The number of aryl methyl sites for hydroxylation is 3. The third-order valence-corrected chi connectivity index (χ3v) is 8.54. The number of hydrogen-bond acceptors (Lipinski definition) is 7. The van der Waals surface area contributed by atoms with Crippen LogP contribution in [0.2, 0.25) is 0 Å². The summed E-state index contributed by atoms with van der Waals surface area (Å²) in [6.07, 6.45) is 7.18. The Morgan fingerprint density at radius 3 is 2.41 bits per heavy atom. The number of primary amides is 1. The van der Waals surface area contributed by atoms with E-state index in [2.05, 4.69) is 46.8 Å². The molecule has 1 atom stereocenters. The molecule has 9 nitrogen and oxygen atoms in total. The second kappa shape index (κ2) is 13.1. The number of aromatic nitrogens is 1. The lowest BCUT2D eigenvalue weighted by Crippen LogP contribution is -2.47. The molecule has 2 aromatic carbocycles. The molecule has 4 rings (SSSR count). The highest BCUT2D eigenvalue weighted by atomic mass is 16.6. The van der Waals surface area contributed by atoms with Gasteiger partial charge in [-0.3, -0.25) is 19.9 Å². The smallest absolute Gasteiger partial charge is 0.276 e. The molecule has 2 heterocycles. The van der Waals surface area contributed by atoms with E-state index in [-0.39, 0.29) is 22.2 Å². The number of piperidine rings is 1. The van der Waals surface area contributed by atoms with E-state index in [9.17, 15) is 14.9 Å². The van der Waals surface area contributed by atoms with E-state index < -0.39 is 5.91 Å².